The van der Waals surface area contributed by atoms with E-state index < -0.39 is 23.7 Å². The van der Waals surface area contributed by atoms with E-state index in [1.807, 2.05) is 39.0 Å². The molecule has 0 atom stereocenters. The quantitative estimate of drug-likeness (QED) is 0.331. The zero-order valence-corrected chi connectivity index (χ0v) is 23.1. The predicted molar refractivity (Wildman–Crippen MR) is 143 cm³/mol. The van der Waals surface area contributed by atoms with Gasteiger partial charge in [-0.2, -0.15) is 18.2 Å². The molecule has 202 valence electrons. The Bertz CT molecular complexity index is 1600. The summed E-state index contributed by atoms with van der Waals surface area (Å²) in [6.45, 7) is 9.27. The van der Waals surface area contributed by atoms with Crippen molar-refractivity contribution in [1.29, 1.82) is 0 Å². The summed E-state index contributed by atoms with van der Waals surface area (Å²) < 4.78 is 42.5. The van der Waals surface area contributed by atoms with Crippen LogP contribution in [0.25, 0.3) is 16.2 Å². The van der Waals surface area contributed by atoms with Gasteiger partial charge in [0.1, 0.15) is 16.3 Å². The van der Waals surface area contributed by atoms with E-state index >= 15 is 0 Å². The Morgan fingerprint density at radius 1 is 1.21 bits per heavy atom. The highest BCUT2D eigenvalue weighted by Crippen LogP contribution is 2.36. The van der Waals surface area contributed by atoms with E-state index in [-0.39, 0.29) is 27.7 Å². The molecule has 1 aromatic carbocycles. The Morgan fingerprint density at radius 3 is 2.61 bits per heavy atom. The molecule has 0 amide bonds. The van der Waals surface area contributed by atoms with Crippen molar-refractivity contribution in [1.82, 2.24) is 29.6 Å². The van der Waals surface area contributed by atoms with Crippen molar-refractivity contribution in [2.24, 2.45) is 0 Å². The number of halogens is 4. The van der Waals surface area contributed by atoms with Crippen molar-refractivity contribution >= 4 is 45.6 Å². The van der Waals surface area contributed by atoms with Crippen LogP contribution in [0.2, 0.25) is 4.34 Å². The van der Waals surface area contributed by atoms with Crippen molar-refractivity contribution in [2.45, 2.75) is 64.7 Å². The number of hydrogen-bond donors (Lipinski definition) is 2. The second-order valence-corrected chi connectivity index (χ2v) is 12.5. The Balaban J connectivity index is 1.63. The molecule has 13 heteroatoms. The van der Waals surface area contributed by atoms with Crippen LogP contribution in [0.5, 0.6) is 0 Å². The second-order valence-electron chi connectivity index (χ2n) is 10.9. The fraction of sp³-hybridized carbons (Fsp3) is 0.440. The highest BCUT2D eigenvalue weighted by molar-refractivity contribution is 7.18. The van der Waals surface area contributed by atoms with Crippen LogP contribution in [-0.2, 0) is 23.9 Å². The van der Waals surface area contributed by atoms with Gasteiger partial charge >= 0.3 is 6.18 Å². The van der Waals surface area contributed by atoms with Gasteiger partial charge in [-0.15, -0.1) is 0 Å². The molecule has 0 bridgehead atoms. The lowest BCUT2D eigenvalue weighted by molar-refractivity contribution is -0.144. The molecule has 4 heterocycles. The molecule has 0 spiro atoms. The second kappa shape index (κ2) is 9.06. The molecule has 4 aromatic rings. The highest BCUT2D eigenvalue weighted by atomic mass is 35.5. The molecule has 3 aromatic heterocycles. The number of nitrogens with one attached hydrogen (secondary N) is 2. The summed E-state index contributed by atoms with van der Waals surface area (Å²) in [5.41, 5.74) is 2.16. The van der Waals surface area contributed by atoms with E-state index in [0.717, 1.165) is 34.7 Å². The number of hydrogen-bond acceptors (Lipinski definition) is 7. The summed E-state index contributed by atoms with van der Waals surface area (Å²) in [5.74, 6) is 0.141. The fourth-order valence-electron chi connectivity index (χ4n) is 4.66. The van der Waals surface area contributed by atoms with E-state index in [2.05, 4.69) is 39.4 Å². The van der Waals surface area contributed by atoms with E-state index in [4.69, 9.17) is 11.6 Å². The highest BCUT2D eigenvalue weighted by Gasteiger charge is 2.33. The van der Waals surface area contributed by atoms with E-state index in [0.29, 0.717) is 14.7 Å². The van der Waals surface area contributed by atoms with Crippen molar-refractivity contribution in [3.63, 3.8) is 0 Å². The van der Waals surface area contributed by atoms with Crippen LogP contribution < -0.4 is 16.2 Å². The molecule has 5 rings (SSSR count). The van der Waals surface area contributed by atoms with Crippen molar-refractivity contribution < 1.29 is 13.2 Å². The zero-order chi connectivity index (χ0) is 27.6. The summed E-state index contributed by atoms with van der Waals surface area (Å²) in [4.78, 5) is 26.3. The number of alkyl halides is 3. The third-order valence-corrected chi connectivity index (χ3v) is 7.70. The van der Waals surface area contributed by atoms with Crippen LogP contribution in [0, 0.1) is 0 Å². The van der Waals surface area contributed by atoms with Gasteiger partial charge in [-0.05, 0) is 50.1 Å². The van der Waals surface area contributed by atoms with Gasteiger partial charge in [-0.1, -0.05) is 49.8 Å². The van der Waals surface area contributed by atoms with Crippen LogP contribution in [0.4, 0.5) is 24.8 Å². The van der Waals surface area contributed by atoms with Crippen LogP contribution in [0.3, 0.4) is 0 Å². The number of benzene rings is 1. The van der Waals surface area contributed by atoms with Crippen molar-refractivity contribution in [3.05, 3.63) is 55.9 Å². The van der Waals surface area contributed by atoms with Crippen LogP contribution in [-0.4, -0.2) is 37.0 Å². The summed E-state index contributed by atoms with van der Waals surface area (Å²) in [7, 11) is 0. The Morgan fingerprint density at radius 2 is 1.95 bits per heavy atom. The van der Waals surface area contributed by atoms with Crippen LogP contribution in [0.1, 0.15) is 51.4 Å². The first kappa shape index (κ1) is 26.6. The van der Waals surface area contributed by atoms with E-state index in [1.165, 1.54) is 17.3 Å². The molecule has 0 aliphatic carbocycles. The number of thiazole rings is 1. The normalized spacial score (nSPS) is 15.6. The monoisotopic (exact) mass is 565 g/mol. The average molecular weight is 566 g/mol. The van der Waals surface area contributed by atoms with Gasteiger partial charge in [0.2, 0.25) is 11.1 Å². The van der Waals surface area contributed by atoms with E-state index in [1.54, 1.807) is 0 Å². The first-order valence-corrected chi connectivity index (χ1v) is 13.2. The molecule has 38 heavy (non-hydrogen) atoms. The van der Waals surface area contributed by atoms with Crippen LogP contribution >= 0.6 is 22.9 Å². The molecule has 0 unspecified atom stereocenters. The molecular weight excluding hydrogens is 539 g/mol. The third kappa shape index (κ3) is 4.92. The van der Waals surface area contributed by atoms with Crippen LogP contribution in [0.15, 0.2) is 29.2 Å². The SMILES string of the molecule is CC(C)(C)c1nc(-n2c3nc(Nc4ccc5c(c4)CCNC5(C)C)ncc3c(=O)n2CC(F)(F)F)sc1Cl. The molecular formula is C25H27ClF3N7OS. The smallest absolute Gasteiger partial charge is 0.324 e. The first-order valence-electron chi connectivity index (χ1n) is 12.0. The fourth-order valence-corrected chi connectivity index (χ4v) is 6.21. The minimum atomic E-state index is -4.65. The first-order chi connectivity index (χ1) is 17.6. The van der Waals surface area contributed by atoms with Gasteiger partial charge in [-0.25, -0.2) is 19.3 Å². The minimum absolute atomic E-state index is 0.00548. The Labute approximate surface area is 225 Å². The zero-order valence-electron chi connectivity index (χ0n) is 21.5. The van der Waals surface area contributed by atoms with Gasteiger partial charge in [-0.3, -0.25) is 4.79 Å². The molecule has 1 aliphatic rings. The number of aromatic nitrogens is 5. The lowest BCUT2D eigenvalue weighted by Crippen LogP contribution is -2.42. The minimum Gasteiger partial charge on any atom is -0.324 e. The third-order valence-electron chi connectivity index (χ3n) is 6.47. The number of nitrogens with zero attached hydrogens (tertiary/aromatic N) is 5. The lowest BCUT2D eigenvalue weighted by Gasteiger charge is -2.34. The van der Waals surface area contributed by atoms with Gasteiger partial charge in [0.25, 0.3) is 5.56 Å². The molecule has 8 nitrogen and oxygen atoms in total. The van der Waals surface area contributed by atoms with Gasteiger partial charge in [0.05, 0.1) is 5.69 Å². The molecule has 2 N–H and O–H groups in total. The standard InChI is InChI=1S/C25H27ClF3N7OS/c1-23(2,3)17-18(26)38-22(33-17)36-19-15(20(37)35(36)12-25(27,28)29)11-30-21(34-19)32-14-6-7-16-13(10-14)8-9-31-24(16,4)5/h6-7,10-11,31H,8-9,12H2,1-5H3,(H,30,32,34). The number of rotatable bonds is 4. The van der Waals surface area contributed by atoms with Crippen molar-refractivity contribution in [3.8, 4) is 5.13 Å². The summed E-state index contributed by atoms with van der Waals surface area (Å²) in [6.07, 6.45) is -2.55. The molecule has 1 aliphatic heterocycles. The lowest BCUT2D eigenvalue weighted by atomic mass is 9.85. The average Bonchev–Trinajstić information content (AvgIpc) is 3.30. The maximum Gasteiger partial charge on any atom is 0.408 e. The van der Waals surface area contributed by atoms with Gasteiger partial charge in [0, 0.05) is 22.8 Å². The molecule has 0 fully saturated rings. The number of anilines is 2. The molecule has 0 radical (unpaired) electrons. The predicted octanol–water partition coefficient (Wildman–Crippen LogP) is 5.68. The topological polar surface area (TPSA) is 89.7 Å². The maximum absolute atomic E-state index is 13.5. The number of fused-ring (bicyclic) bond motifs is 2. The van der Waals surface area contributed by atoms with E-state index in [9.17, 15) is 18.0 Å². The summed E-state index contributed by atoms with van der Waals surface area (Å²) in [5, 5.41) is 6.69. The van der Waals surface area contributed by atoms with Crippen molar-refractivity contribution in [2.75, 3.05) is 11.9 Å². The molecule has 0 saturated heterocycles. The Kier molecular flexibility index (Phi) is 6.35. The Hall–Kier alpha value is -2.96. The molecule has 0 saturated carbocycles. The largest absolute Gasteiger partial charge is 0.408 e. The van der Waals surface area contributed by atoms with Gasteiger partial charge in [0.15, 0.2) is 5.65 Å². The maximum atomic E-state index is 13.5. The summed E-state index contributed by atoms with van der Waals surface area (Å²) in [6, 6.07) is 5.95. The summed E-state index contributed by atoms with van der Waals surface area (Å²) >= 11 is 7.41. The van der Waals surface area contributed by atoms with Gasteiger partial charge < -0.3 is 10.6 Å².